The van der Waals surface area contributed by atoms with Crippen LogP contribution in [-0.4, -0.2) is 23.1 Å². The quantitative estimate of drug-likeness (QED) is 0.519. The number of fused-ring (bicyclic) bond motifs is 1. The number of carbonyl (C=O) groups excluding carboxylic acids is 2. The van der Waals surface area contributed by atoms with Crippen molar-refractivity contribution in [1.29, 1.82) is 0 Å². The molecule has 25 heavy (non-hydrogen) atoms. The van der Waals surface area contributed by atoms with Crippen LogP contribution in [0.5, 0.6) is 5.75 Å². The molecule has 0 unspecified atom stereocenters. The smallest absolute Gasteiger partial charge is 0.379 e. The number of aromatic nitrogens is 1. The first-order valence-electron chi connectivity index (χ1n) is 8.12. The molecule has 0 aliphatic carbocycles. The summed E-state index contributed by atoms with van der Waals surface area (Å²) in [5.41, 5.74) is 2.21. The van der Waals surface area contributed by atoms with Gasteiger partial charge in [-0.2, -0.15) is 0 Å². The van der Waals surface area contributed by atoms with Gasteiger partial charge in [0.05, 0.1) is 18.4 Å². The monoisotopic (exact) mass is 341 g/mol. The highest BCUT2D eigenvalue weighted by Gasteiger charge is 2.21. The fourth-order valence-electron chi connectivity index (χ4n) is 2.95. The van der Waals surface area contributed by atoms with Crippen molar-refractivity contribution in [1.82, 2.24) is 4.57 Å². The Hall–Kier alpha value is -3.02. The van der Waals surface area contributed by atoms with Crippen molar-refractivity contribution in [2.24, 2.45) is 0 Å². The molecule has 130 valence electrons. The first-order chi connectivity index (χ1) is 12.1. The van der Waals surface area contributed by atoms with E-state index in [1.54, 1.807) is 25.1 Å². The second-order valence-electron chi connectivity index (χ2n) is 5.47. The number of hydrogen-bond donors (Lipinski definition) is 0. The van der Waals surface area contributed by atoms with Crippen molar-refractivity contribution in [3.8, 4) is 5.75 Å². The number of furan rings is 1. The summed E-state index contributed by atoms with van der Waals surface area (Å²) in [6, 6.07) is 8.36. The lowest BCUT2D eigenvalue weighted by molar-refractivity contribution is 0.0527. The van der Waals surface area contributed by atoms with E-state index < -0.39 is 5.97 Å². The van der Waals surface area contributed by atoms with E-state index in [4.69, 9.17) is 13.9 Å². The molecule has 3 aromatic rings. The van der Waals surface area contributed by atoms with Gasteiger partial charge >= 0.3 is 11.9 Å². The third kappa shape index (κ3) is 3.03. The van der Waals surface area contributed by atoms with Gasteiger partial charge in [-0.05, 0) is 51.1 Å². The molecule has 0 spiro atoms. The number of ether oxygens (including phenoxy) is 2. The Morgan fingerprint density at radius 2 is 1.96 bits per heavy atom. The molecule has 3 rings (SSSR count). The van der Waals surface area contributed by atoms with E-state index in [2.05, 4.69) is 0 Å². The molecule has 0 saturated heterocycles. The molecule has 2 heterocycles. The van der Waals surface area contributed by atoms with Crippen molar-refractivity contribution in [3.05, 3.63) is 53.6 Å². The largest absolute Gasteiger partial charge is 0.462 e. The molecule has 0 aliphatic heterocycles. The Labute approximate surface area is 144 Å². The van der Waals surface area contributed by atoms with Crippen LogP contribution in [-0.2, 0) is 11.3 Å². The van der Waals surface area contributed by atoms with Gasteiger partial charge in [-0.3, -0.25) is 0 Å². The number of hydrogen-bond acceptors (Lipinski definition) is 5. The van der Waals surface area contributed by atoms with Crippen LogP contribution in [0, 0.1) is 6.92 Å². The minimum Gasteiger partial charge on any atom is -0.462 e. The maximum atomic E-state index is 12.4. The van der Waals surface area contributed by atoms with Gasteiger partial charge in [0.25, 0.3) is 0 Å². The number of benzene rings is 1. The molecule has 6 heteroatoms. The summed E-state index contributed by atoms with van der Waals surface area (Å²) < 4.78 is 17.6. The Balaban J connectivity index is 2.05. The molecule has 0 bridgehead atoms. The van der Waals surface area contributed by atoms with Crippen LogP contribution in [0.1, 0.15) is 40.5 Å². The lowest BCUT2D eigenvalue weighted by Crippen LogP contribution is -2.08. The van der Waals surface area contributed by atoms with Gasteiger partial charge in [0.1, 0.15) is 5.75 Å². The average molecular weight is 341 g/mol. The molecular weight excluding hydrogens is 322 g/mol. The summed E-state index contributed by atoms with van der Waals surface area (Å²) in [7, 11) is 0. The zero-order chi connectivity index (χ0) is 18.0. The van der Waals surface area contributed by atoms with Gasteiger partial charge in [-0.1, -0.05) is 0 Å². The maximum Gasteiger partial charge on any atom is 0.379 e. The molecule has 0 aliphatic rings. The molecule has 6 nitrogen and oxygen atoms in total. The summed E-state index contributed by atoms with van der Waals surface area (Å²) in [5.74, 6) is -0.513. The van der Waals surface area contributed by atoms with Gasteiger partial charge in [-0.15, -0.1) is 0 Å². The summed E-state index contributed by atoms with van der Waals surface area (Å²) in [6.07, 6.45) is 1.41. The Morgan fingerprint density at radius 3 is 2.60 bits per heavy atom. The highest BCUT2D eigenvalue weighted by atomic mass is 16.5. The third-order valence-corrected chi connectivity index (χ3v) is 4.02. The van der Waals surface area contributed by atoms with Crippen molar-refractivity contribution >= 4 is 22.8 Å². The number of nitrogens with zero attached hydrogens (tertiary/aromatic N) is 1. The van der Waals surface area contributed by atoms with E-state index in [1.165, 1.54) is 12.3 Å². The summed E-state index contributed by atoms with van der Waals surface area (Å²) in [6.45, 7) is 6.66. The summed E-state index contributed by atoms with van der Waals surface area (Å²) in [4.78, 5) is 24.4. The maximum absolute atomic E-state index is 12.4. The van der Waals surface area contributed by atoms with Crippen molar-refractivity contribution in [2.45, 2.75) is 27.3 Å². The van der Waals surface area contributed by atoms with Crippen LogP contribution >= 0.6 is 0 Å². The second-order valence-corrected chi connectivity index (χ2v) is 5.47. The minimum atomic E-state index is -0.589. The normalized spacial score (nSPS) is 10.8. The highest BCUT2D eigenvalue weighted by molar-refractivity contribution is 6.06. The SMILES string of the molecule is CCOC(=O)c1c(C)n(CC)c2ccc(OC(=O)c3ccco3)cc12. The molecule has 0 fully saturated rings. The summed E-state index contributed by atoms with van der Waals surface area (Å²) in [5, 5.41) is 0.697. The number of carbonyl (C=O) groups is 2. The molecule has 0 saturated carbocycles. The van der Waals surface area contributed by atoms with Crippen molar-refractivity contribution < 1.29 is 23.5 Å². The van der Waals surface area contributed by atoms with Crippen LogP contribution < -0.4 is 4.74 Å². The molecule has 0 atom stereocenters. The van der Waals surface area contributed by atoms with Gasteiger partial charge in [0, 0.05) is 23.1 Å². The first kappa shape index (κ1) is 16.8. The van der Waals surface area contributed by atoms with Crippen LogP contribution in [0.4, 0.5) is 0 Å². The van der Waals surface area contributed by atoms with Crippen LogP contribution in [0.2, 0.25) is 0 Å². The van der Waals surface area contributed by atoms with Gasteiger partial charge < -0.3 is 18.5 Å². The van der Waals surface area contributed by atoms with Gasteiger partial charge in [-0.25, -0.2) is 9.59 Å². The lowest BCUT2D eigenvalue weighted by Gasteiger charge is -2.05. The van der Waals surface area contributed by atoms with Crippen molar-refractivity contribution in [2.75, 3.05) is 6.61 Å². The Morgan fingerprint density at radius 1 is 1.16 bits per heavy atom. The van der Waals surface area contributed by atoms with Gasteiger partial charge in [0.2, 0.25) is 5.76 Å². The predicted molar refractivity (Wildman–Crippen MR) is 92.0 cm³/mol. The van der Waals surface area contributed by atoms with E-state index in [0.717, 1.165) is 11.2 Å². The molecule has 0 N–H and O–H groups in total. The first-order valence-corrected chi connectivity index (χ1v) is 8.12. The van der Waals surface area contributed by atoms with Crippen LogP contribution in [0.3, 0.4) is 0 Å². The lowest BCUT2D eigenvalue weighted by atomic mass is 10.1. The average Bonchev–Trinajstić information content (AvgIpc) is 3.20. The number of esters is 2. The van der Waals surface area contributed by atoms with E-state index in [0.29, 0.717) is 29.9 Å². The Kier molecular flexibility index (Phi) is 4.61. The Bertz CT molecular complexity index is 921. The van der Waals surface area contributed by atoms with E-state index in [-0.39, 0.29) is 11.7 Å². The van der Waals surface area contributed by atoms with E-state index in [9.17, 15) is 9.59 Å². The standard InChI is InChI=1S/C19H19NO5/c1-4-20-12(3)17(19(22)23-5-2)14-11-13(8-9-15(14)20)25-18(21)16-7-6-10-24-16/h6-11H,4-5H2,1-3H3. The highest BCUT2D eigenvalue weighted by Crippen LogP contribution is 2.30. The number of rotatable bonds is 5. The zero-order valence-corrected chi connectivity index (χ0v) is 14.4. The van der Waals surface area contributed by atoms with Crippen LogP contribution in [0.25, 0.3) is 10.9 Å². The molecule has 0 radical (unpaired) electrons. The van der Waals surface area contributed by atoms with E-state index >= 15 is 0 Å². The fraction of sp³-hybridized carbons (Fsp3) is 0.263. The van der Waals surface area contributed by atoms with Crippen LogP contribution in [0.15, 0.2) is 41.0 Å². The third-order valence-electron chi connectivity index (χ3n) is 4.02. The van der Waals surface area contributed by atoms with Gasteiger partial charge in [0.15, 0.2) is 0 Å². The molecular formula is C19H19NO5. The molecule has 2 aromatic heterocycles. The second kappa shape index (κ2) is 6.84. The topological polar surface area (TPSA) is 70.7 Å². The minimum absolute atomic E-state index is 0.119. The van der Waals surface area contributed by atoms with E-state index in [1.807, 2.05) is 24.5 Å². The predicted octanol–water partition coefficient (Wildman–Crippen LogP) is 3.96. The fourth-order valence-corrected chi connectivity index (χ4v) is 2.95. The number of aryl methyl sites for hydroxylation is 1. The zero-order valence-electron chi connectivity index (χ0n) is 14.4. The van der Waals surface area contributed by atoms with Crippen molar-refractivity contribution in [3.63, 3.8) is 0 Å². The molecule has 0 amide bonds. The molecule has 1 aromatic carbocycles. The summed E-state index contributed by atoms with van der Waals surface area (Å²) >= 11 is 0.